The lowest BCUT2D eigenvalue weighted by molar-refractivity contribution is 0.0686. The van der Waals surface area contributed by atoms with Crippen LogP contribution in [0.3, 0.4) is 0 Å². The number of carboxylic acid groups (broad SMARTS) is 2. The molecule has 0 amide bonds. The van der Waals surface area contributed by atoms with Crippen molar-refractivity contribution in [3.8, 4) is 11.1 Å². The van der Waals surface area contributed by atoms with E-state index in [9.17, 15) is 9.59 Å². The quantitative estimate of drug-likeness (QED) is 0.755. The SMILES string of the molecule is O=C(O)c1ccc(-c2ccc(C(=O)O)cc2CS)cc1. The fourth-order valence-electron chi connectivity index (χ4n) is 1.93. The Balaban J connectivity index is 2.46. The highest BCUT2D eigenvalue weighted by Gasteiger charge is 2.10. The van der Waals surface area contributed by atoms with Gasteiger partial charge in [0, 0.05) is 5.75 Å². The summed E-state index contributed by atoms with van der Waals surface area (Å²) in [4.78, 5) is 21.8. The van der Waals surface area contributed by atoms with Crippen molar-refractivity contribution in [3.05, 3.63) is 59.2 Å². The molecule has 0 bridgehead atoms. The Morgan fingerprint density at radius 2 is 1.45 bits per heavy atom. The maximum atomic E-state index is 10.9. The van der Waals surface area contributed by atoms with Crippen molar-refractivity contribution in [3.63, 3.8) is 0 Å². The summed E-state index contributed by atoms with van der Waals surface area (Å²) in [5.41, 5.74) is 2.89. The number of benzene rings is 2. The molecule has 2 rings (SSSR count). The zero-order valence-electron chi connectivity index (χ0n) is 10.4. The number of carboxylic acids is 2. The molecule has 5 heteroatoms. The van der Waals surface area contributed by atoms with Gasteiger partial charge in [-0.3, -0.25) is 0 Å². The van der Waals surface area contributed by atoms with Gasteiger partial charge in [-0.05, 0) is 41.0 Å². The molecule has 0 saturated heterocycles. The van der Waals surface area contributed by atoms with E-state index in [4.69, 9.17) is 10.2 Å². The first-order chi connectivity index (χ1) is 9.52. The van der Waals surface area contributed by atoms with E-state index in [1.165, 1.54) is 18.2 Å². The normalized spacial score (nSPS) is 10.2. The molecule has 0 saturated carbocycles. The zero-order valence-corrected chi connectivity index (χ0v) is 11.3. The number of aromatic carboxylic acids is 2. The number of hydrogen-bond acceptors (Lipinski definition) is 3. The van der Waals surface area contributed by atoms with Crippen LogP contribution in [-0.4, -0.2) is 22.2 Å². The topological polar surface area (TPSA) is 74.6 Å². The Labute approximate surface area is 121 Å². The molecule has 0 aromatic heterocycles. The molecule has 0 radical (unpaired) electrons. The van der Waals surface area contributed by atoms with Crippen LogP contribution in [0, 0.1) is 0 Å². The lowest BCUT2D eigenvalue weighted by Gasteiger charge is -2.09. The van der Waals surface area contributed by atoms with Crippen molar-refractivity contribution in [2.24, 2.45) is 0 Å². The molecule has 0 fully saturated rings. The summed E-state index contributed by atoms with van der Waals surface area (Å²) < 4.78 is 0. The third kappa shape index (κ3) is 2.83. The summed E-state index contributed by atoms with van der Waals surface area (Å²) in [5.74, 6) is -1.56. The molecule has 0 aliphatic rings. The van der Waals surface area contributed by atoms with Crippen LogP contribution in [0.4, 0.5) is 0 Å². The van der Waals surface area contributed by atoms with Gasteiger partial charge in [-0.1, -0.05) is 18.2 Å². The second kappa shape index (κ2) is 5.79. The largest absolute Gasteiger partial charge is 0.478 e. The van der Waals surface area contributed by atoms with Gasteiger partial charge in [-0.15, -0.1) is 0 Å². The van der Waals surface area contributed by atoms with Crippen LogP contribution >= 0.6 is 12.6 Å². The zero-order chi connectivity index (χ0) is 14.7. The second-order valence-electron chi connectivity index (χ2n) is 4.22. The molecule has 0 unspecified atom stereocenters. The van der Waals surface area contributed by atoms with Gasteiger partial charge in [0.1, 0.15) is 0 Å². The molecule has 2 N–H and O–H groups in total. The van der Waals surface area contributed by atoms with Gasteiger partial charge in [0.2, 0.25) is 0 Å². The van der Waals surface area contributed by atoms with Crippen LogP contribution in [0.15, 0.2) is 42.5 Å². The standard InChI is InChI=1S/C15H12O4S/c16-14(17)10-3-1-9(2-4-10)13-6-5-11(15(18)19)7-12(13)8-20/h1-7,20H,8H2,(H,16,17)(H,18,19). The maximum Gasteiger partial charge on any atom is 0.335 e. The number of carbonyl (C=O) groups is 2. The summed E-state index contributed by atoms with van der Waals surface area (Å²) in [6.45, 7) is 0. The molecule has 2 aromatic rings. The highest BCUT2D eigenvalue weighted by Crippen LogP contribution is 2.26. The first-order valence-corrected chi connectivity index (χ1v) is 6.47. The summed E-state index contributed by atoms with van der Waals surface area (Å²) in [6, 6.07) is 11.3. The van der Waals surface area contributed by atoms with Gasteiger partial charge < -0.3 is 10.2 Å². The van der Waals surface area contributed by atoms with E-state index >= 15 is 0 Å². The third-order valence-corrected chi connectivity index (χ3v) is 3.31. The van der Waals surface area contributed by atoms with Crippen LogP contribution in [0.25, 0.3) is 11.1 Å². The smallest absolute Gasteiger partial charge is 0.335 e. The molecular formula is C15H12O4S. The molecule has 4 nitrogen and oxygen atoms in total. The molecule has 0 heterocycles. The van der Waals surface area contributed by atoms with Gasteiger partial charge >= 0.3 is 11.9 Å². The lowest BCUT2D eigenvalue weighted by atomic mass is 9.97. The predicted octanol–water partition coefficient (Wildman–Crippen LogP) is 3.18. The van der Waals surface area contributed by atoms with Crippen LogP contribution in [0.1, 0.15) is 26.3 Å². The minimum absolute atomic E-state index is 0.208. The fourth-order valence-corrected chi connectivity index (χ4v) is 2.19. The molecule has 2 aromatic carbocycles. The van der Waals surface area contributed by atoms with E-state index in [0.717, 1.165) is 16.7 Å². The van der Waals surface area contributed by atoms with Crippen LogP contribution in [0.5, 0.6) is 0 Å². The fraction of sp³-hybridized carbons (Fsp3) is 0.0667. The van der Waals surface area contributed by atoms with Crippen molar-refractivity contribution in [1.29, 1.82) is 0 Å². The molecular weight excluding hydrogens is 276 g/mol. The van der Waals surface area contributed by atoms with E-state index in [2.05, 4.69) is 12.6 Å². The van der Waals surface area contributed by atoms with Crippen molar-refractivity contribution in [2.75, 3.05) is 0 Å². The first-order valence-electron chi connectivity index (χ1n) is 5.83. The maximum absolute atomic E-state index is 10.9. The molecule has 102 valence electrons. The molecule has 0 aliphatic carbocycles. The number of hydrogen-bond donors (Lipinski definition) is 3. The highest BCUT2D eigenvalue weighted by atomic mass is 32.1. The van der Waals surface area contributed by atoms with Crippen LogP contribution in [0.2, 0.25) is 0 Å². The van der Waals surface area contributed by atoms with Crippen LogP contribution in [-0.2, 0) is 5.75 Å². The molecule has 0 atom stereocenters. The molecule has 20 heavy (non-hydrogen) atoms. The first kappa shape index (κ1) is 14.1. The summed E-state index contributed by atoms with van der Waals surface area (Å²) in [7, 11) is 0. The number of thiol groups is 1. The monoisotopic (exact) mass is 288 g/mol. The Hall–Kier alpha value is -2.27. The van der Waals surface area contributed by atoms with E-state index < -0.39 is 11.9 Å². The predicted molar refractivity (Wildman–Crippen MR) is 78.5 cm³/mol. The minimum atomic E-state index is -0.985. The molecule has 0 aliphatic heterocycles. The van der Waals surface area contributed by atoms with Gasteiger partial charge in [0.25, 0.3) is 0 Å². The lowest BCUT2D eigenvalue weighted by Crippen LogP contribution is -1.99. The Bertz CT molecular complexity index is 662. The Kier molecular flexibility index (Phi) is 4.10. The van der Waals surface area contributed by atoms with E-state index in [1.54, 1.807) is 24.3 Å². The average Bonchev–Trinajstić information content (AvgIpc) is 2.46. The average molecular weight is 288 g/mol. The Morgan fingerprint density at radius 1 is 0.900 bits per heavy atom. The van der Waals surface area contributed by atoms with E-state index in [-0.39, 0.29) is 11.1 Å². The van der Waals surface area contributed by atoms with Gasteiger partial charge in [0.15, 0.2) is 0 Å². The van der Waals surface area contributed by atoms with Gasteiger partial charge in [-0.25, -0.2) is 9.59 Å². The van der Waals surface area contributed by atoms with E-state index in [1.807, 2.05) is 0 Å². The highest BCUT2D eigenvalue weighted by molar-refractivity contribution is 7.79. The second-order valence-corrected chi connectivity index (χ2v) is 4.53. The summed E-state index contributed by atoms with van der Waals surface area (Å²) >= 11 is 4.21. The van der Waals surface area contributed by atoms with Crippen molar-refractivity contribution < 1.29 is 19.8 Å². The summed E-state index contributed by atoms with van der Waals surface area (Å²) in [6.07, 6.45) is 0. The number of rotatable bonds is 4. The van der Waals surface area contributed by atoms with Crippen molar-refractivity contribution in [2.45, 2.75) is 5.75 Å². The van der Waals surface area contributed by atoms with Gasteiger partial charge in [0.05, 0.1) is 11.1 Å². The minimum Gasteiger partial charge on any atom is -0.478 e. The molecule has 0 spiro atoms. The third-order valence-electron chi connectivity index (χ3n) is 2.97. The van der Waals surface area contributed by atoms with Crippen molar-refractivity contribution >= 4 is 24.6 Å². The Morgan fingerprint density at radius 3 is 1.95 bits per heavy atom. The summed E-state index contributed by atoms with van der Waals surface area (Å²) in [5, 5.41) is 17.8. The van der Waals surface area contributed by atoms with Gasteiger partial charge in [-0.2, -0.15) is 12.6 Å². The van der Waals surface area contributed by atoms with Crippen molar-refractivity contribution in [1.82, 2.24) is 0 Å². The van der Waals surface area contributed by atoms with E-state index in [0.29, 0.717) is 5.75 Å². The van der Waals surface area contributed by atoms with Crippen LogP contribution < -0.4 is 0 Å².